The normalized spacial score (nSPS) is 23.6. The fourth-order valence-corrected chi connectivity index (χ4v) is 4.85. The molecule has 3 atom stereocenters. The number of pyridine rings is 1. The fourth-order valence-electron chi connectivity index (χ4n) is 4.54. The molecule has 2 heterocycles. The van der Waals surface area contributed by atoms with Gasteiger partial charge in [-0.3, -0.25) is 9.69 Å². The number of amides is 2. The lowest BCUT2D eigenvalue weighted by molar-refractivity contribution is -0.121. The molecule has 2 amide bonds. The second-order valence-electron chi connectivity index (χ2n) is 9.81. The molecule has 0 bridgehead atoms. The van der Waals surface area contributed by atoms with Gasteiger partial charge in [0, 0.05) is 11.6 Å². The van der Waals surface area contributed by atoms with Crippen molar-refractivity contribution < 1.29 is 19.1 Å². The number of piperidine rings is 1. The molecule has 1 saturated carbocycles. The van der Waals surface area contributed by atoms with Gasteiger partial charge < -0.3 is 14.8 Å². The van der Waals surface area contributed by atoms with E-state index in [2.05, 4.69) is 39.4 Å². The van der Waals surface area contributed by atoms with Gasteiger partial charge >= 0.3 is 6.09 Å². The summed E-state index contributed by atoms with van der Waals surface area (Å²) >= 11 is 3.37. The van der Waals surface area contributed by atoms with Crippen LogP contribution in [0.15, 0.2) is 42.0 Å². The molecule has 2 aliphatic rings. The number of aromatic nitrogens is 1. The van der Waals surface area contributed by atoms with Gasteiger partial charge in [0.05, 0.1) is 13.2 Å². The van der Waals surface area contributed by atoms with Crippen LogP contribution in [0.2, 0.25) is 0 Å². The molecule has 180 valence electrons. The minimum absolute atomic E-state index is 0.0253. The van der Waals surface area contributed by atoms with Gasteiger partial charge in [-0.15, -0.1) is 13.2 Å². The summed E-state index contributed by atoms with van der Waals surface area (Å²) < 4.78 is 11.8. The van der Waals surface area contributed by atoms with Gasteiger partial charge in [-0.1, -0.05) is 18.2 Å². The highest BCUT2D eigenvalue weighted by atomic mass is 79.9. The monoisotopic (exact) mass is 519 g/mol. The third-order valence-corrected chi connectivity index (χ3v) is 6.53. The average Bonchev–Trinajstić information content (AvgIpc) is 3.32. The van der Waals surface area contributed by atoms with Crippen molar-refractivity contribution in [3.63, 3.8) is 0 Å². The van der Waals surface area contributed by atoms with E-state index in [9.17, 15) is 9.59 Å². The largest absolute Gasteiger partial charge is 0.444 e. The molecule has 1 N–H and O–H groups in total. The standard InChI is InChI=1S/C25H34BrN3O4/c1-6-8-9-12-25-14-18(29(19(25)15-25)23(31)33-24(3,4)5)22(30)28-21-17(16-32-13-7-2)10-11-20(26)27-21/h6-7,10-11,18-19H,1-2,8-9,12-16H2,3-5H3,(H,27,28,30)/t18-,19-,25+/m1/s1. The summed E-state index contributed by atoms with van der Waals surface area (Å²) in [5.41, 5.74) is 0.0894. The molecule has 0 spiro atoms. The molecule has 1 aromatic rings. The SMILES string of the molecule is C=CCCC[C@@]12C[C@H](C(=O)Nc3nc(Br)ccc3COCC=C)N(C(=O)OC(C)(C)C)[C@@H]1C2. The maximum absolute atomic E-state index is 13.4. The molecule has 1 saturated heterocycles. The third kappa shape index (κ3) is 6.23. The van der Waals surface area contributed by atoms with Gasteiger partial charge in [0.15, 0.2) is 0 Å². The zero-order valence-corrected chi connectivity index (χ0v) is 21.3. The summed E-state index contributed by atoms with van der Waals surface area (Å²) in [6.45, 7) is 13.6. The highest BCUT2D eigenvalue weighted by Gasteiger charge is 2.67. The lowest BCUT2D eigenvalue weighted by Gasteiger charge is -2.30. The highest BCUT2D eigenvalue weighted by molar-refractivity contribution is 9.10. The van der Waals surface area contributed by atoms with Crippen LogP contribution >= 0.6 is 15.9 Å². The van der Waals surface area contributed by atoms with Crippen LogP contribution in [-0.2, 0) is 20.9 Å². The van der Waals surface area contributed by atoms with Crippen molar-refractivity contribution in [2.75, 3.05) is 11.9 Å². The van der Waals surface area contributed by atoms with Crippen LogP contribution < -0.4 is 5.32 Å². The number of hydrogen-bond donors (Lipinski definition) is 1. The van der Waals surface area contributed by atoms with Crippen LogP contribution in [0.4, 0.5) is 10.6 Å². The van der Waals surface area contributed by atoms with Crippen LogP contribution in [0.1, 0.15) is 58.4 Å². The average molecular weight is 520 g/mol. The van der Waals surface area contributed by atoms with Gasteiger partial charge in [-0.25, -0.2) is 9.78 Å². The van der Waals surface area contributed by atoms with Crippen LogP contribution in [0, 0.1) is 5.41 Å². The number of hydrogen-bond acceptors (Lipinski definition) is 5. The number of anilines is 1. The van der Waals surface area contributed by atoms with Crippen LogP contribution in [0.25, 0.3) is 0 Å². The molecule has 0 radical (unpaired) electrons. The molecule has 8 heteroatoms. The van der Waals surface area contributed by atoms with Crippen molar-refractivity contribution in [1.82, 2.24) is 9.88 Å². The lowest BCUT2D eigenvalue weighted by atomic mass is 9.93. The van der Waals surface area contributed by atoms with Crippen LogP contribution in [0.3, 0.4) is 0 Å². The Bertz CT molecular complexity index is 913. The Labute approximate surface area is 204 Å². The van der Waals surface area contributed by atoms with Crippen molar-refractivity contribution >= 4 is 33.7 Å². The Morgan fingerprint density at radius 2 is 2.06 bits per heavy atom. The molecule has 7 nitrogen and oxygen atoms in total. The summed E-state index contributed by atoms with van der Waals surface area (Å²) in [5, 5.41) is 2.94. The van der Waals surface area contributed by atoms with Crippen molar-refractivity contribution in [2.24, 2.45) is 5.41 Å². The molecule has 1 aliphatic carbocycles. The van der Waals surface area contributed by atoms with Crippen molar-refractivity contribution in [1.29, 1.82) is 0 Å². The molecular formula is C25H34BrN3O4. The van der Waals surface area contributed by atoms with E-state index in [0.29, 0.717) is 23.4 Å². The Balaban J connectivity index is 1.79. The number of nitrogens with zero attached hydrogens (tertiary/aromatic N) is 2. The van der Waals surface area contributed by atoms with Crippen molar-refractivity contribution in [3.8, 4) is 0 Å². The molecule has 1 aromatic heterocycles. The second-order valence-corrected chi connectivity index (χ2v) is 10.6. The minimum atomic E-state index is -0.636. The molecule has 1 aliphatic heterocycles. The Morgan fingerprint density at radius 1 is 1.30 bits per heavy atom. The first kappa shape index (κ1) is 25.4. The number of allylic oxidation sites excluding steroid dienone is 1. The predicted molar refractivity (Wildman–Crippen MR) is 132 cm³/mol. The number of ether oxygens (including phenoxy) is 2. The van der Waals surface area contributed by atoms with Gasteiger partial charge in [0.25, 0.3) is 0 Å². The van der Waals surface area contributed by atoms with E-state index in [-0.39, 0.29) is 24.0 Å². The van der Waals surface area contributed by atoms with E-state index in [4.69, 9.17) is 9.47 Å². The molecule has 0 aromatic carbocycles. The van der Waals surface area contributed by atoms with Gasteiger partial charge in [0.2, 0.25) is 5.91 Å². The first-order valence-corrected chi connectivity index (χ1v) is 12.2. The van der Waals surface area contributed by atoms with Gasteiger partial charge in [-0.2, -0.15) is 0 Å². The quantitative estimate of drug-likeness (QED) is 0.247. The number of carbonyl (C=O) groups excluding carboxylic acids is 2. The Hall–Kier alpha value is -2.19. The van der Waals surface area contributed by atoms with E-state index in [0.717, 1.165) is 31.2 Å². The zero-order valence-electron chi connectivity index (χ0n) is 19.7. The van der Waals surface area contributed by atoms with E-state index in [1.165, 1.54) is 0 Å². The summed E-state index contributed by atoms with van der Waals surface area (Å²) in [7, 11) is 0. The van der Waals surface area contributed by atoms with Crippen molar-refractivity contribution in [2.45, 2.75) is 77.2 Å². The third-order valence-electron chi connectivity index (χ3n) is 6.09. The number of halogens is 1. The highest BCUT2D eigenvalue weighted by Crippen LogP contribution is 2.62. The smallest absolute Gasteiger partial charge is 0.411 e. The van der Waals surface area contributed by atoms with Crippen molar-refractivity contribution in [3.05, 3.63) is 47.6 Å². The van der Waals surface area contributed by atoms with E-state index >= 15 is 0 Å². The lowest BCUT2D eigenvalue weighted by Crippen LogP contribution is -2.47. The molecule has 0 unspecified atom stereocenters. The number of likely N-dealkylation sites (tertiary alicyclic amines) is 1. The number of fused-ring (bicyclic) bond motifs is 1. The van der Waals surface area contributed by atoms with Crippen LogP contribution in [-0.4, -0.2) is 46.2 Å². The summed E-state index contributed by atoms with van der Waals surface area (Å²) in [6, 6.07) is 3.07. The molecule has 3 rings (SSSR count). The summed E-state index contributed by atoms with van der Waals surface area (Å²) in [4.78, 5) is 32.6. The first-order valence-electron chi connectivity index (χ1n) is 11.4. The fraction of sp³-hybridized carbons (Fsp3) is 0.560. The zero-order chi connectivity index (χ0) is 24.2. The van der Waals surface area contributed by atoms with E-state index in [1.54, 1.807) is 17.0 Å². The Morgan fingerprint density at radius 3 is 2.73 bits per heavy atom. The number of rotatable bonds is 10. The maximum Gasteiger partial charge on any atom is 0.411 e. The number of nitrogens with one attached hydrogen (secondary N) is 1. The molecule has 33 heavy (non-hydrogen) atoms. The molecule has 2 fully saturated rings. The molecular weight excluding hydrogens is 486 g/mol. The predicted octanol–water partition coefficient (Wildman–Crippen LogP) is 5.61. The number of carbonyl (C=O) groups is 2. The summed E-state index contributed by atoms with van der Waals surface area (Å²) in [5.74, 6) is 0.163. The Kier molecular flexibility index (Phi) is 8.00. The van der Waals surface area contributed by atoms with E-state index < -0.39 is 17.7 Å². The maximum atomic E-state index is 13.4. The second kappa shape index (κ2) is 10.4. The topological polar surface area (TPSA) is 80.8 Å². The number of unbranched alkanes of at least 4 members (excludes halogenated alkanes) is 1. The first-order chi connectivity index (χ1) is 15.6. The van der Waals surface area contributed by atoms with Crippen LogP contribution in [0.5, 0.6) is 0 Å². The van der Waals surface area contributed by atoms with Gasteiger partial charge in [0.1, 0.15) is 22.1 Å². The minimum Gasteiger partial charge on any atom is -0.444 e. The summed E-state index contributed by atoms with van der Waals surface area (Å²) in [6.07, 6.45) is 7.55. The van der Waals surface area contributed by atoms with Gasteiger partial charge in [-0.05, 0) is 80.3 Å². The van der Waals surface area contributed by atoms with E-state index in [1.807, 2.05) is 32.9 Å².